The van der Waals surface area contributed by atoms with Gasteiger partial charge in [-0.15, -0.1) is 0 Å². The Labute approximate surface area is 139 Å². The summed E-state index contributed by atoms with van der Waals surface area (Å²) in [6, 6.07) is 11.1. The van der Waals surface area contributed by atoms with Crippen molar-refractivity contribution in [1.82, 2.24) is 5.43 Å². The van der Waals surface area contributed by atoms with Crippen molar-refractivity contribution < 1.29 is 14.8 Å². The molecule has 0 bridgehead atoms. The number of halogens is 1. The molecule has 0 spiro atoms. The fourth-order valence-electron chi connectivity index (χ4n) is 1.77. The van der Waals surface area contributed by atoms with Crippen LogP contribution in [-0.2, 0) is 11.2 Å². The van der Waals surface area contributed by atoms with E-state index in [1.807, 2.05) is 24.3 Å². The Hall–Kier alpha value is -2.74. The molecule has 23 heavy (non-hydrogen) atoms. The van der Waals surface area contributed by atoms with Crippen molar-refractivity contribution in [3.63, 3.8) is 0 Å². The molecule has 118 valence electrons. The molecule has 8 heteroatoms. The number of carbonyl (C=O) groups excluding carboxylic acids is 1. The summed E-state index contributed by atoms with van der Waals surface area (Å²) in [6.45, 7) is 0. The zero-order valence-corrected chi connectivity index (χ0v) is 13.4. The van der Waals surface area contributed by atoms with Crippen molar-refractivity contribution >= 4 is 33.7 Å². The molecule has 0 heterocycles. The number of hydrazone groups is 1. The normalized spacial score (nSPS) is 10.7. The van der Waals surface area contributed by atoms with Gasteiger partial charge in [0.15, 0.2) is 5.75 Å². The number of phenolic OH excluding ortho intramolecular Hbond substituents is 1. The SMILES string of the molecule is O=C(Cc1ccc(Br)cc1)N/N=C/c1ccc(O)c([N+](=O)[O-])c1. The molecule has 0 saturated heterocycles. The van der Waals surface area contributed by atoms with E-state index in [2.05, 4.69) is 26.5 Å². The maximum atomic E-state index is 11.7. The number of nitro benzene ring substituents is 1. The molecule has 0 aliphatic carbocycles. The van der Waals surface area contributed by atoms with Gasteiger partial charge in [-0.1, -0.05) is 28.1 Å². The average Bonchev–Trinajstić information content (AvgIpc) is 2.51. The zero-order valence-electron chi connectivity index (χ0n) is 11.8. The summed E-state index contributed by atoms with van der Waals surface area (Å²) >= 11 is 3.31. The molecular weight excluding hydrogens is 366 g/mol. The molecule has 0 aliphatic heterocycles. The maximum Gasteiger partial charge on any atom is 0.311 e. The number of benzene rings is 2. The molecule has 0 aliphatic rings. The third-order valence-electron chi connectivity index (χ3n) is 2.88. The van der Waals surface area contributed by atoms with Crippen molar-refractivity contribution in [1.29, 1.82) is 0 Å². The quantitative estimate of drug-likeness (QED) is 0.474. The van der Waals surface area contributed by atoms with E-state index in [1.54, 1.807) is 0 Å². The van der Waals surface area contributed by atoms with Crippen LogP contribution in [0, 0.1) is 10.1 Å². The van der Waals surface area contributed by atoms with Gasteiger partial charge in [0, 0.05) is 16.1 Å². The molecule has 2 N–H and O–H groups in total. The highest BCUT2D eigenvalue weighted by Gasteiger charge is 2.12. The number of amides is 1. The van der Waals surface area contributed by atoms with E-state index in [0.717, 1.165) is 10.0 Å². The van der Waals surface area contributed by atoms with E-state index < -0.39 is 16.4 Å². The Bertz CT molecular complexity index is 760. The second kappa shape index (κ2) is 7.50. The van der Waals surface area contributed by atoms with Crippen LogP contribution in [0.25, 0.3) is 0 Å². The van der Waals surface area contributed by atoms with Crippen molar-refractivity contribution in [2.75, 3.05) is 0 Å². The smallest absolute Gasteiger partial charge is 0.311 e. The van der Waals surface area contributed by atoms with Crippen molar-refractivity contribution in [2.24, 2.45) is 5.10 Å². The van der Waals surface area contributed by atoms with Crippen LogP contribution < -0.4 is 5.43 Å². The van der Waals surface area contributed by atoms with Gasteiger partial charge in [0.2, 0.25) is 5.91 Å². The van der Waals surface area contributed by atoms with Gasteiger partial charge >= 0.3 is 5.69 Å². The predicted octanol–water partition coefficient (Wildman–Crippen LogP) is 2.76. The highest BCUT2D eigenvalue weighted by atomic mass is 79.9. The third kappa shape index (κ3) is 4.89. The van der Waals surface area contributed by atoms with Crippen LogP contribution in [-0.4, -0.2) is 22.2 Å². The van der Waals surface area contributed by atoms with Crippen LogP contribution in [0.15, 0.2) is 52.0 Å². The van der Waals surface area contributed by atoms with Gasteiger partial charge in [0.25, 0.3) is 0 Å². The molecule has 0 radical (unpaired) electrons. The van der Waals surface area contributed by atoms with Crippen LogP contribution in [0.4, 0.5) is 5.69 Å². The van der Waals surface area contributed by atoms with Crippen molar-refractivity contribution in [3.05, 3.63) is 68.2 Å². The first-order chi connectivity index (χ1) is 11.0. The first-order valence-electron chi connectivity index (χ1n) is 6.49. The Morgan fingerprint density at radius 3 is 2.65 bits per heavy atom. The number of nitrogens with one attached hydrogen (secondary N) is 1. The molecule has 1 amide bonds. The number of hydrogen-bond donors (Lipinski definition) is 2. The van der Waals surface area contributed by atoms with E-state index in [9.17, 15) is 20.0 Å². The number of rotatable bonds is 5. The highest BCUT2D eigenvalue weighted by molar-refractivity contribution is 9.10. The number of nitrogens with zero attached hydrogens (tertiary/aromatic N) is 2. The Morgan fingerprint density at radius 2 is 2.00 bits per heavy atom. The van der Waals surface area contributed by atoms with Crippen LogP contribution in [0.5, 0.6) is 5.75 Å². The standard InChI is InChI=1S/C15H12BrN3O4/c16-12-4-1-10(2-5-12)8-15(21)18-17-9-11-3-6-14(20)13(7-11)19(22)23/h1-7,9,20H,8H2,(H,18,21)/b17-9+. The summed E-state index contributed by atoms with van der Waals surface area (Å²) in [5.41, 5.74) is 3.14. The molecule has 7 nitrogen and oxygen atoms in total. The largest absolute Gasteiger partial charge is 0.502 e. The summed E-state index contributed by atoms with van der Waals surface area (Å²) in [4.78, 5) is 21.7. The maximum absolute atomic E-state index is 11.7. The monoisotopic (exact) mass is 377 g/mol. The number of phenols is 1. The number of hydrogen-bond acceptors (Lipinski definition) is 5. The first-order valence-corrected chi connectivity index (χ1v) is 7.29. The molecule has 0 fully saturated rings. The van der Waals surface area contributed by atoms with E-state index >= 15 is 0 Å². The van der Waals surface area contributed by atoms with Crippen LogP contribution in [0.2, 0.25) is 0 Å². The minimum Gasteiger partial charge on any atom is -0.502 e. The minimum atomic E-state index is -0.696. The summed E-state index contributed by atoms with van der Waals surface area (Å²) < 4.78 is 0.925. The Kier molecular flexibility index (Phi) is 5.42. The van der Waals surface area contributed by atoms with Crippen molar-refractivity contribution in [2.45, 2.75) is 6.42 Å². The lowest BCUT2D eigenvalue weighted by Crippen LogP contribution is -2.19. The minimum absolute atomic E-state index is 0.167. The van der Waals surface area contributed by atoms with Gasteiger partial charge in [-0.25, -0.2) is 5.43 Å². The first kappa shape index (κ1) is 16.6. The van der Waals surface area contributed by atoms with Gasteiger partial charge in [0.1, 0.15) is 0 Å². The van der Waals surface area contributed by atoms with E-state index in [1.165, 1.54) is 24.4 Å². The molecule has 0 aromatic heterocycles. The Morgan fingerprint density at radius 1 is 1.30 bits per heavy atom. The highest BCUT2D eigenvalue weighted by Crippen LogP contribution is 2.25. The predicted molar refractivity (Wildman–Crippen MR) is 88.3 cm³/mol. The van der Waals surface area contributed by atoms with E-state index in [-0.39, 0.29) is 12.3 Å². The Balaban J connectivity index is 1.96. The summed E-state index contributed by atoms with van der Waals surface area (Å²) in [6.07, 6.45) is 1.44. The zero-order chi connectivity index (χ0) is 16.8. The second-order valence-corrected chi connectivity index (χ2v) is 5.52. The van der Waals surface area contributed by atoms with Crippen LogP contribution in [0.1, 0.15) is 11.1 Å². The topological polar surface area (TPSA) is 105 Å². The summed E-state index contributed by atoms with van der Waals surface area (Å²) in [5.74, 6) is -0.733. The van der Waals surface area contributed by atoms with Gasteiger partial charge in [0.05, 0.1) is 17.6 Å². The van der Waals surface area contributed by atoms with E-state index in [4.69, 9.17) is 0 Å². The van der Waals surface area contributed by atoms with Gasteiger partial charge in [-0.2, -0.15) is 5.10 Å². The van der Waals surface area contributed by atoms with Crippen LogP contribution in [0.3, 0.4) is 0 Å². The molecule has 0 saturated carbocycles. The molecule has 2 rings (SSSR count). The fraction of sp³-hybridized carbons (Fsp3) is 0.0667. The summed E-state index contributed by atoms with van der Waals surface area (Å²) in [7, 11) is 0. The molecular formula is C15H12BrN3O4. The number of carbonyl (C=O) groups is 1. The number of aromatic hydroxyl groups is 1. The molecule has 0 unspecified atom stereocenters. The van der Waals surface area contributed by atoms with Gasteiger partial charge in [-0.05, 0) is 29.8 Å². The number of nitro groups is 1. The lowest BCUT2D eigenvalue weighted by atomic mass is 10.1. The van der Waals surface area contributed by atoms with E-state index in [0.29, 0.717) is 5.56 Å². The van der Waals surface area contributed by atoms with Crippen LogP contribution >= 0.6 is 15.9 Å². The molecule has 0 atom stereocenters. The average molecular weight is 378 g/mol. The second-order valence-electron chi connectivity index (χ2n) is 4.60. The third-order valence-corrected chi connectivity index (χ3v) is 3.41. The summed E-state index contributed by atoms with van der Waals surface area (Å²) in [5, 5.41) is 23.8. The van der Waals surface area contributed by atoms with Gasteiger partial charge in [-0.3, -0.25) is 14.9 Å². The van der Waals surface area contributed by atoms with Gasteiger partial charge < -0.3 is 5.11 Å². The van der Waals surface area contributed by atoms with Crippen molar-refractivity contribution in [3.8, 4) is 5.75 Å². The fourth-order valence-corrected chi connectivity index (χ4v) is 2.04. The molecule has 2 aromatic rings. The lowest BCUT2D eigenvalue weighted by molar-refractivity contribution is -0.385. The lowest BCUT2D eigenvalue weighted by Gasteiger charge is -2.01. The molecule has 2 aromatic carbocycles.